The van der Waals surface area contributed by atoms with Crippen LogP contribution in [0.5, 0.6) is 0 Å². The minimum absolute atomic E-state index is 0.251. The summed E-state index contributed by atoms with van der Waals surface area (Å²) < 4.78 is 7.17. The van der Waals surface area contributed by atoms with Crippen molar-refractivity contribution in [3.63, 3.8) is 0 Å². The fraction of sp³-hybridized carbons (Fsp3) is 0.412. The number of hydrogen-bond donors (Lipinski definition) is 1. The molecule has 1 N–H and O–H groups in total. The van der Waals surface area contributed by atoms with Crippen molar-refractivity contribution in [2.45, 2.75) is 40.2 Å². The van der Waals surface area contributed by atoms with Crippen molar-refractivity contribution in [3.05, 3.63) is 45.6 Å². The molecule has 0 bridgehead atoms. The fourth-order valence-electron chi connectivity index (χ4n) is 2.29. The zero-order valence-electron chi connectivity index (χ0n) is 12.6. The van der Waals surface area contributed by atoms with Gasteiger partial charge in [-0.1, -0.05) is 22.9 Å². The van der Waals surface area contributed by atoms with Gasteiger partial charge < -0.3 is 9.73 Å². The second kappa shape index (κ2) is 6.59. The van der Waals surface area contributed by atoms with E-state index in [0.29, 0.717) is 0 Å². The van der Waals surface area contributed by atoms with Crippen LogP contribution >= 0.6 is 15.9 Å². The van der Waals surface area contributed by atoms with Crippen molar-refractivity contribution >= 4 is 15.9 Å². The predicted octanol–water partition coefficient (Wildman–Crippen LogP) is 5.39. The van der Waals surface area contributed by atoms with Crippen LogP contribution in [0.25, 0.3) is 11.3 Å². The Morgan fingerprint density at radius 3 is 2.45 bits per heavy atom. The maximum Gasteiger partial charge on any atom is 0.134 e. The fourth-order valence-corrected chi connectivity index (χ4v) is 2.52. The van der Waals surface area contributed by atoms with Crippen LogP contribution in [0.4, 0.5) is 0 Å². The molecule has 2 nitrogen and oxygen atoms in total. The smallest absolute Gasteiger partial charge is 0.134 e. The molecule has 0 radical (unpaired) electrons. The zero-order valence-corrected chi connectivity index (χ0v) is 14.2. The molecular weight excluding hydrogens is 314 g/mol. The monoisotopic (exact) mass is 335 g/mol. The maximum absolute atomic E-state index is 6.00. The van der Waals surface area contributed by atoms with Crippen LogP contribution in [0.1, 0.15) is 43.2 Å². The van der Waals surface area contributed by atoms with E-state index in [0.717, 1.165) is 30.0 Å². The third-order valence-electron chi connectivity index (χ3n) is 3.48. The molecule has 1 unspecified atom stereocenters. The summed E-state index contributed by atoms with van der Waals surface area (Å²) in [6.07, 6.45) is 1.13. The summed E-state index contributed by atoms with van der Waals surface area (Å²) in [7, 11) is 0. The van der Waals surface area contributed by atoms with Gasteiger partial charge in [0.2, 0.25) is 0 Å². The zero-order chi connectivity index (χ0) is 14.7. The molecule has 2 rings (SSSR count). The Bertz CT molecular complexity index is 565. The largest absolute Gasteiger partial charge is 0.459 e. The quantitative estimate of drug-likeness (QED) is 0.792. The van der Waals surface area contributed by atoms with Gasteiger partial charge in [-0.25, -0.2) is 0 Å². The normalized spacial score (nSPS) is 12.7. The van der Waals surface area contributed by atoms with Gasteiger partial charge in [0.15, 0.2) is 0 Å². The standard InChI is InChI=1S/C17H22BrNO/c1-5-8-19-13(4)15-6-7-16(20-15)14-9-11(2)17(18)12(3)10-14/h6-7,9-10,13,19H,5,8H2,1-4H3. The lowest BCUT2D eigenvalue weighted by molar-refractivity contribution is 0.438. The predicted molar refractivity (Wildman–Crippen MR) is 88.0 cm³/mol. The molecule has 0 aliphatic rings. The number of nitrogens with one attached hydrogen (secondary N) is 1. The molecule has 0 spiro atoms. The summed E-state index contributed by atoms with van der Waals surface area (Å²) in [4.78, 5) is 0. The van der Waals surface area contributed by atoms with Gasteiger partial charge in [0.25, 0.3) is 0 Å². The average molecular weight is 336 g/mol. The lowest BCUT2D eigenvalue weighted by Gasteiger charge is -2.10. The molecule has 108 valence electrons. The van der Waals surface area contributed by atoms with Gasteiger partial charge in [0, 0.05) is 10.0 Å². The number of hydrogen-bond acceptors (Lipinski definition) is 2. The van der Waals surface area contributed by atoms with Crippen molar-refractivity contribution in [3.8, 4) is 11.3 Å². The number of halogens is 1. The van der Waals surface area contributed by atoms with Crippen LogP contribution in [0, 0.1) is 13.8 Å². The Labute approximate surface area is 129 Å². The van der Waals surface area contributed by atoms with E-state index in [1.165, 1.54) is 15.6 Å². The Balaban J connectivity index is 2.24. The molecule has 1 aromatic carbocycles. The molecule has 3 heteroatoms. The first-order chi connectivity index (χ1) is 9.52. The van der Waals surface area contributed by atoms with E-state index < -0.39 is 0 Å². The summed E-state index contributed by atoms with van der Waals surface area (Å²) in [6.45, 7) is 9.52. The first-order valence-corrected chi connectivity index (χ1v) is 7.92. The highest BCUT2D eigenvalue weighted by Gasteiger charge is 2.12. The van der Waals surface area contributed by atoms with Crippen LogP contribution in [0.15, 0.2) is 33.2 Å². The highest BCUT2D eigenvalue weighted by atomic mass is 79.9. The molecule has 2 aromatic rings. The first-order valence-electron chi connectivity index (χ1n) is 7.13. The maximum atomic E-state index is 6.00. The van der Waals surface area contributed by atoms with E-state index >= 15 is 0 Å². The van der Waals surface area contributed by atoms with Gasteiger partial charge in [-0.3, -0.25) is 0 Å². The van der Waals surface area contributed by atoms with E-state index in [1.807, 2.05) is 0 Å². The van der Waals surface area contributed by atoms with Crippen LogP contribution in [-0.2, 0) is 0 Å². The Morgan fingerprint density at radius 2 is 1.85 bits per heavy atom. The van der Waals surface area contributed by atoms with Crippen LogP contribution < -0.4 is 5.32 Å². The molecule has 0 aliphatic heterocycles. The van der Waals surface area contributed by atoms with Gasteiger partial charge in [0.1, 0.15) is 11.5 Å². The number of rotatable bonds is 5. The number of aryl methyl sites for hydroxylation is 2. The third-order valence-corrected chi connectivity index (χ3v) is 4.73. The second-order valence-corrected chi connectivity index (χ2v) is 6.09. The van der Waals surface area contributed by atoms with Gasteiger partial charge in [-0.05, 0) is 69.1 Å². The molecule has 1 heterocycles. The molecule has 0 aliphatic carbocycles. The lowest BCUT2D eigenvalue weighted by Crippen LogP contribution is -2.18. The highest BCUT2D eigenvalue weighted by molar-refractivity contribution is 9.10. The van der Waals surface area contributed by atoms with Crippen molar-refractivity contribution < 1.29 is 4.42 Å². The second-order valence-electron chi connectivity index (χ2n) is 5.30. The van der Waals surface area contributed by atoms with Crippen LogP contribution in [0.2, 0.25) is 0 Å². The SMILES string of the molecule is CCCNC(C)c1ccc(-c2cc(C)c(Br)c(C)c2)o1. The highest BCUT2D eigenvalue weighted by Crippen LogP contribution is 2.30. The number of benzene rings is 1. The van der Waals surface area contributed by atoms with Gasteiger partial charge in [-0.2, -0.15) is 0 Å². The molecule has 0 saturated heterocycles. The van der Waals surface area contributed by atoms with Crippen LogP contribution in [-0.4, -0.2) is 6.54 Å². The van der Waals surface area contributed by atoms with Gasteiger partial charge in [-0.15, -0.1) is 0 Å². The summed E-state index contributed by atoms with van der Waals surface area (Å²) in [5.41, 5.74) is 3.60. The van der Waals surface area contributed by atoms with Gasteiger partial charge in [0.05, 0.1) is 6.04 Å². The Morgan fingerprint density at radius 1 is 1.20 bits per heavy atom. The van der Waals surface area contributed by atoms with Crippen LogP contribution in [0.3, 0.4) is 0 Å². The summed E-state index contributed by atoms with van der Waals surface area (Å²) in [5.74, 6) is 1.93. The Kier molecular flexibility index (Phi) is 5.06. The molecule has 1 atom stereocenters. The van der Waals surface area contributed by atoms with E-state index in [1.54, 1.807) is 0 Å². The van der Waals surface area contributed by atoms with Crippen molar-refractivity contribution in [1.29, 1.82) is 0 Å². The molecular formula is C17H22BrNO. The van der Waals surface area contributed by atoms with Gasteiger partial charge >= 0.3 is 0 Å². The number of furan rings is 1. The third kappa shape index (κ3) is 3.33. The minimum atomic E-state index is 0.251. The van der Waals surface area contributed by atoms with Crippen molar-refractivity contribution in [1.82, 2.24) is 5.32 Å². The summed E-state index contributed by atoms with van der Waals surface area (Å²) in [5, 5.41) is 3.44. The molecule has 0 saturated carbocycles. The topological polar surface area (TPSA) is 25.2 Å². The Hall–Kier alpha value is -1.06. The minimum Gasteiger partial charge on any atom is -0.459 e. The summed E-state index contributed by atoms with van der Waals surface area (Å²) >= 11 is 3.60. The van der Waals surface area contributed by atoms with Crippen molar-refractivity contribution in [2.75, 3.05) is 6.54 Å². The lowest BCUT2D eigenvalue weighted by atomic mass is 10.1. The molecule has 0 amide bonds. The first kappa shape index (κ1) is 15.3. The van der Waals surface area contributed by atoms with E-state index in [2.05, 4.69) is 73.2 Å². The van der Waals surface area contributed by atoms with E-state index in [4.69, 9.17) is 4.42 Å². The molecule has 1 aromatic heterocycles. The molecule has 0 fully saturated rings. The summed E-state index contributed by atoms with van der Waals surface area (Å²) in [6, 6.07) is 8.69. The van der Waals surface area contributed by atoms with Crippen molar-refractivity contribution in [2.24, 2.45) is 0 Å². The molecule has 20 heavy (non-hydrogen) atoms. The van der Waals surface area contributed by atoms with E-state index in [-0.39, 0.29) is 6.04 Å². The van der Waals surface area contributed by atoms with E-state index in [9.17, 15) is 0 Å². The average Bonchev–Trinajstić information content (AvgIpc) is 2.91.